The summed E-state index contributed by atoms with van der Waals surface area (Å²) in [6.07, 6.45) is 0. The van der Waals surface area contributed by atoms with E-state index in [1.807, 2.05) is 0 Å². The molecule has 0 fully saturated rings. The lowest BCUT2D eigenvalue weighted by Gasteiger charge is -2.13. The fourth-order valence-electron chi connectivity index (χ4n) is 1.35. The summed E-state index contributed by atoms with van der Waals surface area (Å²) in [5, 5.41) is 7.40. The van der Waals surface area contributed by atoms with Crippen LogP contribution in [0.5, 0.6) is 0 Å². The number of nitrogens with zero attached hydrogens (tertiary/aromatic N) is 2. The first-order chi connectivity index (χ1) is 6.86. The maximum Gasteiger partial charge on any atom is 0.426 e. The first-order valence-corrected chi connectivity index (χ1v) is 4.79. The van der Waals surface area contributed by atoms with E-state index in [9.17, 15) is 9.59 Å². The highest BCUT2D eigenvalue weighted by atomic mass is 16.4. The van der Waals surface area contributed by atoms with E-state index >= 15 is 0 Å². The van der Waals surface area contributed by atoms with Crippen LogP contribution in [0.1, 0.15) is 39.8 Å². The summed E-state index contributed by atoms with van der Waals surface area (Å²) >= 11 is 0. The molecule has 0 radical (unpaired) electrons. The van der Waals surface area contributed by atoms with Crippen molar-refractivity contribution < 1.29 is 4.42 Å². The summed E-state index contributed by atoms with van der Waals surface area (Å²) in [4.78, 5) is 23.2. The van der Waals surface area contributed by atoms with E-state index in [2.05, 4.69) is 4.42 Å². The zero-order valence-electron chi connectivity index (χ0n) is 9.27. The average molecular weight is 213 g/mol. The van der Waals surface area contributed by atoms with Crippen LogP contribution >= 0.6 is 0 Å². The summed E-state index contributed by atoms with van der Waals surface area (Å²) in [6, 6.07) is -0.487. The Bertz CT molecular complexity index is 475. The van der Waals surface area contributed by atoms with Crippen molar-refractivity contribution in [3.8, 4) is 0 Å². The highest BCUT2D eigenvalue weighted by Crippen LogP contribution is 1.96. The molecule has 1 aromatic rings. The van der Waals surface area contributed by atoms with E-state index in [1.165, 1.54) is 0 Å². The summed E-state index contributed by atoms with van der Waals surface area (Å²) in [5.41, 5.74) is -0.904. The molecule has 0 amide bonds. The van der Waals surface area contributed by atoms with Gasteiger partial charge in [-0.1, -0.05) is 0 Å². The number of rotatable bonds is 2. The number of aromatic nitrogens is 2. The molecule has 0 saturated heterocycles. The standard InChI is InChI=1S/C9H15N3O3/c1-5(2)11-7(10)15-9(14)12(6(3)4)8(11)13/h5-6,10H,1-4H3. The molecule has 6 nitrogen and oxygen atoms in total. The Morgan fingerprint density at radius 3 is 1.93 bits per heavy atom. The van der Waals surface area contributed by atoms with Crippen molar-refractivity contribution in [3.05, 3.63) is 26.7 Å². The fraction of sp³-hybridized carbons (Fsp3) is 0.667. The topological polar surface area (TPSA) is 81.0 Å². The molecule has 0 atom stereocenters. The van der Waals surface area contributed by atoms with Crippen LogP contribution in [-0.2, 0) is 0 Å². The van der Waals surface area contributed by atoms with Gasteiger partial charge < -0.3 is 4.42 Å². The predicted octanol–water partition coefficient (Wildman–Crippen LogP) is 0.244. The van der Waals surface area contributed by atoms with Gasteiger partial charge in [-0.2, -0.15) is 0 Å². The van der Waals surface area contributed by atoms with E-state index in [0.29, 0.717) is 0 Å². The van der Waals surface area contributed by atoms with Gasteiger partial charge in [0.15, 0.2) is 0 Å². The summed E-state index contributed by atoms with van der Waals surface area (Å²) < 4.78 is 6.82. The quantitative estimate of drug-likeness (QED) is 0.764. The first-order valence-electron chi connectivity index (χ1n) is 4.79. The van der Waals surface area contributed by atoms with Crippen LogP contribution in [0, 0.1) is 5.41 Å². The van der Waals surface area contributed by atoms with Crippen LogP contribution in [0.4, 0.5) is 0 Å². The van der Waals surface area contributed by atoms with E-state index in [4.69, 9.17) is 5.41 Å². The smallest absolute Gasteiger partial charge is 0.375 e. The molecule has 0 saturated carbocycles. The lowest BCUT2D eigenvalue weighted by atomic mass is 10.4. The monoisotopic (exact) mass is 213 g/mol. The Morgan fingerprint density at radius 1 is 1.07 bits per heavy atom. The van der Waals surface area contributed by atoms with Crippen molar-refractivity contribution in [3.63, 3.8) is 0 Å². The minimum atomic E-state index is -0.781. The third-order valence-electron chi connectivity index (χ3n) is 2.04. The summed E-state index contributed by atoms with van der Waals surface area (Å²) in [7, 11) is 0. The van der Waals surface area contributed by atoms with E-state index in [-0.39, 0.29) is 12.1 Å². The molecule has 0 unspecified atom stereocenters. The molecule has 0 aliphatic heterocycles. The van der Waals surface area contributed by atoms with E-state index in [0.717, 1.165) is 9.13 Å². The summed E-state index contributed by atoms with van der Waals surface area (Å²) in [6.45, 7) is 6.94. The van der Waals surface area contributed by atoms with E-state index < -0.39 is 17.1 Å². The van der Waals surface area contributed by atoms with Crippen LogP contribution in [-0.4, -0.2) is 9.13 Å². The Hall–Kier alpha value is -1.59. The molecule has 0 aliphatic rings. The second-order valence-electron chi connectivity index (χ2n) is 3.88. The molecule has 0 aromatic carbocycles. The van der Waals surface area contributed by atoms with Crippen molar-refractivity contribution >= 4 is 0 Å². The van der Waals surface area contributed by atoms with Crippen LogP contribution < -0.4 is 17.1 Å². The zero-order valence-corrected chi connectivity index (χ0v) is 9.27. The van der Waals surface area contributed by atoms with E-state index in [1.54, 1.807) is 27.7 Å². The van der Waals surface area contributed by atoms with Crippen LogP contribution in [0.2, 0.25) is 0 Å². The third-order valence-corrected chi connectivity index (χ3v) is 2.04. The lowest BCUT2D eigenvalue weighted by Crippen LogP contribution is -2.47. The maximum atomic E-state index is 11.8. The molecule has 6 heteroatoms. The molecule has 0 aliphatic carbocycles. The Labute approximate surface area is 86.3 Å². The van der Waals surface area contributed by atoms with Gasteiger partial charge in [0.2, 0.25) is 0 Å². The minimum Gasteiger partial charge on any atom is -0.375 e. The molecular weight excluding hydrogens is 198 g/mol. The maximum absolute atomic E-state index is 11.8. The van der Waals surface area contributed by atoms with Gasteiger partial charge >= 0.3 is 17.1 Å². The van der Waals surface area contributed by atoms with Crippen molar-refractivity contribution in [2.45, 2.75) is 39.8 Å². The van der Waals surface area contributed by atoms with Gasteiger partial charge in [-0.3, -0.25) is 5.41 Å². The third kappa shape index (κ3) is 1.93. The largest absolute Gasteiger partial charge is 0.426 e. The predicted molar refractivity (Wildman–Crippen MR) is 53.9 cm³/mol. The SMILES string of the molecule is CC(C)n1c(=N)oc(=O)n(C(C)C)c1=O. The van der Waals surface area contributed by atoms with Crippen LogP contribution in [0.25, 0.3) is 0 Å². The Balaban J connectivity index is 3.73. The van der Waals surface area contributed by atoms with Gasteiger partial charge in [0.1, 0.15) is 0 Å². The van der Waals surface area contributed by atoms with Crippen molar-refractivity contribution in [1.29, 1.82) is 5.41 Å². The molecule has 1 heterocycles. The molecule has 1 N–H and O–H groups in total. The molecule has 84 valence electrons. The number of hydrogen-bond acceptors (Lipinski definition) is 4. The summed E-state index contributed by atoms with van der Waals surface area (Å²) in [5.74, 6) is -0.781. The average Bonchev–Trinajstić information content (AvgIpc) is 1.99. The number of hydrogen-bond donors (Lipinski definition) is 1. The molecule has 0 bridgehead atoms. The highest BCUT2D eigenvalue weighted by molar-refractivity contribution is 4.74. The van der Waals surface area contributed by atoms with Gasteiger partial charge in [0.05, 0.1) is 0 Å². The minimum absolute atomic E-state index is 0.209. The van der Waals surface area contributed by atoms with Crippen LogP contribution in [0.3, 0.4) is 0 Å². The molecular formula is C9H15N3O3. The van der Waals surface area contributed by atoms with Crippen LogP contribution in [0.15, 0.2) is 14.0 Å². The van der Waals surface area contributed by atoms with Gasteiger partial charge in [-0.05, 0) is 27.7 Å². The van der Waals surface area contributed by atoms with Gasteiger partial charge in [0.25, 0.3) is 0 Å². The van der Waals surface area contributed by atoms with Gasteiger partial charge in [-0.25, -0.2) is 18.7 Å². The Kier molecular flexibility index (Phi) is 2.97. The molecule has 1 aromatic heterocycles. The fourth-order valence-corrected chi connectivity index (χ4v) is 1.35. The highest BCUT2D eigenvalue weighted by Gasteiger charge is 2.13. The lowest BCUT2D eigenvalue weighted by molar-refractivity contribution is 0.280. The number of nitrogens with one attached hydrogen (secondary N) is 1. The first kappa shape index (κ1) is 11.5. The van der Waals surface area contributed by atoms with Crippen molar-refractivity contribution in [2.75, 3.05) is 0 Å². The van der Waals surface area contributed by atoms with Gasteiger partial charge in [0, 0.05) is 12.1 Å². The van der Waals surface area contributed by atoms with Gasteiger partial charge in [-0.15, -0.1) is 0 Å². The second kappa shape index (κ2) is 3.88. The second-order valence-corrected chi connectivity index (χ2v) is 3.88. The molecule has 0 spiro atoms. The Morgan fingerprint density at radius 2 is 1.53 bits per heavy atom. The normalized spacial score (nSPS) is 11.3. The van der Waals surface area contributed by atoms with Crippen molar-refractivity contribution in [1.82, 2.24) is 9.13 Å². The molecule has 15 heavy (non-hydrogen) atoms. The molecule has 1 rings (SSSR count). The zero-order chi connectivity index (χ0) is 11.7. The van der Waals surface area contributed by atoms with Crippen molar-refractivity contribution in [2.24, 2.45) is 0 Å².